The molecule has 0 aliphatic carbocycles. The highest BCUT2D eigenvalue weighted by molar-refractivity contribution is 5.45. The van der Waals surface area contributed by atoms with Crippen molar-refractivity contribution in [3.8, 4) is 0 Å². The molecular formula is C9H13N5O. The van der Waals surface area contributed by atoms with Crippen molar-refractivity contribution in [2.75, 3.05) is 38.3 Å². The molecule has 0 atom stereocenters. The van der Waals surface area contributed by atoms with Gasteiger partial charge in [-0.1, -0.05) is 0 Å². The third kappa shape index (κ3) is 2.47. The molecule has 0 spiro atoms. The number of aromatic nitrogens is 2. The lowest BCUT2D eigenvalue weighted by Crippen LogP contribution is -2.36. The molecule has 0 radical (unpaired) electrons. The molecule has 0 aromatic carbocycles. The van der Waals surface area contributed by atoms with Crippen LogP contribution in [0.15, 0.2) is 22.6 Å². The summed E-state index contributed by atoms with van der Waals surface area (Å²) in [6.45, 7) is 3.21. The van der Waals surface area contributed by atoms with Crippen molar-refractivity contribution in [2.24, 2.45) is 10.2 Å². The Morgan fingerprint density at radius 3 is 2.87 bits per heavy atom. The van der Waals surface area contributed by atoms with Crippen molar-refractivity contribution in [1.82, 2.24) is 9.97 Å². The van der Waals surface area contributed by atoms with Gasteiger partial charge >= 0.3 is 0 Å². The minimum Gasteiger partial charge on any atom is -0.378 e. The summed E-state index contributed by atoms with van der Waals surface area (Å²) in [7, 11) is 1.62. The average Bonchev–Trinajstić information content (AvgIpc) is 2.31. The Hall–Kier alpha value is -1.56. The molecule has 1 aromatic rings. The number of rotatable bonds is 2. The van der Waals surface area contributed by atoms with Gasteiger partial charge in [0.25, 0.3) is 0 Å². The number of azo groups is 1. The van der Waals surface area contributed by atoms with Crippen molar-refractivity contribution in [2.45, 2.75) is 0 Å². The molecule has 2 heterocycles. The van der Waals surface area contributed by atoms with E-state index in [2.05, 4.69) is 25.1 Å². The van der Waals surface area contributed by atoms with Gasteiger partial charge in [-0.2, -0.15) is 5.11 Å². The lowest BCUT2D eigenvalue weighted by atomic mass is 10.4. The van der Waals surface area contributed by atoms with Crippen LogP contribution in [0.1, 0.15) is 0 Å². The van der Waals surface area contributed by atoms with Gasteiger partial charge in [0.2, 0.25) is 0 Å². The summed E-state index contributed by atoms with van der Waals surface area (Å²) in [4.78, 5) is 10.4. The fourth-order valence-corrected chi connectivity index (χ4v) is 1.46. The molecule has 2 rings (SSSR count). The molecule has 80 valence electrons. The summed E-state index contributed by atoms with van der Waals surface area (Å²) in [5, 5.41) is 7.56. The second-order valence-corrected chi connectivity index (χ2v) is 3.13. The van der Waals surface area contributed by atoms with Crippen LogP contribution in [0.5, 0.6) is 0 Å². The van der Waals surface area contributed by atoms with Crippen LogP contribution in [0.3, 0.4) is 0 Å². The maximum Gasteiger partial charge on any atom is 0.179 e. The van der Waals surface area contributed by atoms with Crippen molar-refractivity contribution in [3.63, 3.8) is 0 Å². The third-order valence-electron chi connectivity index (χ3n) is 2.18. The number of anilines is 1. The minimum atomic E-state index is 0.592. The average molecular weight is 207 g/mol. The molecule has 15 heavy (non-hydrogen) atoms. The molecule has 0 N–H and O–H groups in total. The lowest BCUT2D eigenvalue weighted by molar-refractivity contribution is 0.122. The van der Waals surface area contributed by atoms with Crippen molar-refractivity contribution in [1.29, 1.82) is 0 Å². The van der Waals surface area contributed by atoms with Crippen LogP contribution in [0.25, 0.3) is 0 Å². The van der Waals surface area contributed by atoms with Crippen molar-refractivity contribution < 1.29 is 4.74 Å². The first kappa shape index (κ1) is 9.97. The Morgan fingerprint density at radius 1 is 1.33 bits per heavy atom. The molecular weight excluding hydrogens is 194 g/mol. The van der Waals surface area contributed by atoms with Crippen LogP contribution in [-0.2, 0) is 4.74 Å². The zero-order chi connectivity index (χ0) is 10.5. The minimum absolute atomic E-state index is 0.592. The molecule has 1 fully saturated rings. The number of hydrogen-bond donors (Lipinski definition) is 0. The number of nitrogens with zero attached hydrogens (tertiary/aromatic N) is 5. The van der Waals surface area contributed by atoms with E-state index >= 15 is 0 Å². The van der Waals surface area contributed by atoms with Gasteiger partial charge in [0.05, 0.1) is 13.2 Å². The summed E-state index contributed by atoms with van der Waals surface area (Å²) in [5.74, 6) is 1.48. The van der Waals surface area contributed by atoms with Crippen LogP contribution >= 0.6 is 0 Å². The first-order valence-electron chi connectivity index (χ1n) is 4.85. The maximum absolute atomic E-state index is 5.27. The first-order chi connectivity index (χ1) is 7.40. The predicted octanol–water partition coefficient (Wildman–Crippen LogP) is 1.03. The number of ether oxygens (including phenoxy) is 1. The molecule has 0 saturated carbocycles. The molecule has 1 aliphatic heterocycles. The van der Waals surface area contributed by atoms with Gasteiger partial charge in [-0.05, 0) is 0 Å². The Bertz CT molecular complexity index is 348. The molecule has 0 unspecified atom stereocenters. The summed E-state index contributed by atoms with van der Waals surface area (Å²) in [5.41, 5.74) is 0. The normalized spacial score (nSPS) is 17.3. The zero-order valence-corrected chi connectivity index (χ0v) is 8.63. The highest BCUT2D eigenvalue weighted by atomic mass is 16.5. The quantitative estimate of drug-likeness (QED) is 0.679. The van der Waals surface area contributed by atoms with Crippen LogP contribution in [0.4, 0.5) is 11.6 Å². The summed E-state index contributed by atoms with van der Waals surface area (Å²) in [6, 6.07) is 1.83. The molecule has 6 nitrogen and oxygen atoms in total. The van der Waals surface area contributed by atoms with Crippen LogP contribution in [0, 0.1) is 0 Å². The van der Waals surface area contributed by atoms with E-state index in [0.717, 1.165) is 32.1 Å². The lowest BCUT2D eigenvalue weighted by Gasteiger charge is -2.27. The largest absolute Gasteiger partial charge is 0.378 e. The van der Waals surface area contributed by atoms with E-state index in [9.17, 15) is 0 Å². The zero-order valence-electron chi connectivity index (χ0n) is 8.63. The summed E-state index contributed by atoms with van der Waals surface area (Å²) < 4.78 is 5.27. The smallest absolute Gasteiger partial charge is 0.179 e. The van der Waals surface area contributed by atoms with E-state index in [1.807, 2.05) is 6.07 Å². The molecule has 1 aromatic heterocycles. The number of morpholine rings is 1. The van der Waals surface area contributed by atoms with Gasteiger partial charge in [0.15, 0.2) is 5.82 Å². The topological polar surface area (TPSA) is 63.0 Å². The van der Waals surface area contributed by atoms with Crippen LogP contribution < -0.4 is 4.90 Å². The Kier molecular flexibility index (Phi) is 3.18. The fraction of sp³-hybridized carbons (Fsp3) is 0.556. The Morgan fingerprint density at radius 2 is 2.13 bits per heavy atom. The van der Waals surface area contributed by atoms with Gasteiger partial charge < -0.3 is 9.64 Å². The third-order valence-corrected chi connectivity index (χ3v) is 2.18. The van der Waals surface area contributed by atoms with Crippen molar-refractivity contribution in [3.05, 3.63) is 12.4 Å². The first-order valence-corrected chi connectivity index (χ1v) is 4.85. The Balaban J connectivity index is 2.15. The van der Waals surface area contributed by atoms with E-state index < -0.39 is 0 Å². The molecule has 0 bridgehead atoms. The van der Waals surface area contributed by atoms with E-state index in [1.54, 1.807) is 7.05 Å². The Labute approximate surface area is 88.0 Å². The van der Waals surface area contributed by atoms with E-state index in [4.69, 9.17) is 4.74 Å². The molecule has 1 aliphatic rings. The standard InChI is InChI=1S/C9H13N5O/c1-10-13-8-6-9(12-7-11-8)14-2-4-15-5-3-14/h6-7H,2-5H2,1H3. The SMILES string of the molecule is CN=Nc1cc(N2CCOCC2)ncn1. The molecule has 0 amide bonds. The van der Waals surface area contributed by atoms with E-state index in [1.165, 1.54) is 6.33 Å². The maximum atomic E-state index is 5.27. The van der Waals surface area contributed by atoms with Gasteiger partial charge in [0.1, 0.15) is 12.1 Å². The van der Waals surface area contributed by atoms with E-state index in [-0.39, 0.29) is 0 Å². The highest BCUT2D eigenvalue weighted by Gasteiger charge is 2.12. The second-order valence-electron chi connectivity index (χ2n) is 3.13. The van der Waals surface area contributed by atoms with Gasteiger partial charge in [-0.25, -0.2) is 9.97 Å². The second kappa shape index (κ2) is 4.79. The van der Waals surface area contributed by atoms with Crippen LogP contribution in [0.2, 0.25) is 0 Å². The fourth-order valence-electron chi connectivity index (χ4n) is 1.46. The summed E-state index contributed by atoms with van der Waals surface area (Å²) in [6.07, 6.45) is 1.51. The van der Waals surface area contributed by atoms with Crippen LogP contribution in [-0.4, -0.2) is 43.3 Å². The van der Waals surface area contributed by atoms with E-state index in [0.29, 0.717) is 5.82 Å². The molecule has 6 heteroatoms. The highest BCUT2D eigenvalue weighted by Crippen LogP contribution is 2.17. The molecule has 1 saturated heterocycles. The van der Waals surface area contributed by atoms with Gasteiger partial charge in [0, 0.05) is 26.2 Å². The van der Waals surface area contributed by atoms with Gasteiger partial charge in [-0.3, -0.25) is 0 Å². The number of hydrogen-bond acceptors (Lipinski definition) is 6. The monoisotopic (exact) mass is 207 g/mol. The van der Waals surface area contributed by atoms with Crippen molar-refractivity contribution >= 4 is 11.6 Å². The predicted molar refractivity (Wildman–Crippen MR) is 55.5 cm³/mol. The van der Waals surface area contributed by atoms with Gasteiger partial charge in [-0.15, -0.1) is 5.11 Å². The summed E-state index contributed by atoms with van der Waals surface area (Å²) >= 11 is 0.